The fraction of sp³-hybridized carbons (Fsp3) is 0.722. The van der Waals surface area contributed by atoms with Crippen molar-refractivity contribution in [1.82, 2.24) is 20.0 Å². The van der Waals surface area contributed by atoms with Crippen molar-refractivity contribution in [3.8, 4) is 0 Å². The molecule has 138 valence electrons. The third-order valence-corrected chi connectivity index (χ3v) is 5.44. The van der Waals surface area contributed by atoms with E-state index in [4.69, 9.17) is 0 Å². The first-order valence-electron chi connectivity index (χ1n) is 9.31. The van der Waals surface area contributed by atoms with E-state index in [1.165, 1.54) is 25.3 Å². The Morgan fingerprint density at radius 1 is 1.20 bits per heavy atom. The van der Waals surface area contributed by atoms with Gasteiger partial charge in [-0.25, -0.2) is 5.10 Å². The molecule has 2 N–H and O–H groups in total. The summed E-state index contributed by atoms with van der Waals surface area (Å²) in [5.41, 5.74) is 0.483. The summed E-state index contributed by atoms with van der Waals surface area (Å²) < 4.78 is 0. The van der Waals surface area contributed by atoms with Crippen molar-refractivity contribution >= 4 is 5.91 Å². The number of aliphatic hydroxyl groups excluding tert-OH is 1. The molecular formula is C18H28N4O3. The number of piperidine rings is 1. The van der Waals surface area contributed by atoms with Gasteiger partial charge in [0.2, 0.25) is 5.91 Å². The van der Waals surface area contributed by atoms with Gasteiger partial charge in [-0.2, -0.15) is 5.10 Å². The highest BCUT2D eigenvalue weighted by atomic mass is 16.3. The fourth-order valence-electron chi connectivity index (χ4n) is 3.94. The number of H-pyrrole nitrogens is 1. The van der Waals surface area contributed by atoms with Crippen molar-refractivity contribution in [2.24, 2.45) is 11.8 Å². The lowest BCUT2D eigenvalue weighted by atomic mass is 9.95. The van der Waals surface area contributed by atoms with Crippen LogP contribution in [0.3, 0.4) is 0 Å². The second-order valence-electron chi connectivity index (χ2n) is 7.28. The molecule has 2 atom stereocenters. The second kappa shape index (κ2) is 8.58. The van der Waals surface area contributed by atoms with Crippen molar-refractivity contribution in [2.45, 2.75) is 32.1 Å². The van der Waals surface area contributed by atoms with E-state index in [0.29, 0.717) is 25.3 Å². The van der Waals surface area contributed by atoms with Crippen LogP contribution in [0.15, 0.2) is 16.9 Å². The van der Waals surface area contributed by atoms with E-state index in [0.717, 1.165) is 31.9 Å². The van der Waals surface area contributed by atoms with E-state index in [-0.39, 0.29) is 24.0 Å². The predicted octanol–water partition coefficient (Wildman–Crippen LogP) is 0.255. The van der Waals surface area contributed by atoms with E-state index >= 15 is 0 Å². The molecule has 0 bridgehead atoms. The van der Waals surface area contributed by atoms with Gasteiger partial charge in [0.15, 0.2) is 0 Å². The predicted molar refractivity (Wildman–Crippen MR) is 94.1 cm³/mol. The Morgan fingerprint density at radius 3 is 2.64 bits per heavy atom. The molecule has 3 heterocycles. The van der Waals surface area contributed by atoms with Gasteiger partial charge in [0.05, 0.1) is 5.69 Å². The summed E-state index contributed by atoms with van der Waals surface area (Å²) in [5.74, 6) is 0.642. The topological polar surface area (TPSA) is 89.5 Å². The molecule has 1 amide bonds. The van der Waals surface area contributed by atoms with E-state index < -0.39 is 0 Å². The van der Waals surface area contributed by atoms with Gasteiger partial charge in [0.1, 0.15) is 0 Å². The number of nitrogens with zero attached hydrogens (tertiary/aromatic N) is 3. The molecular weight excluding hydrogens is 320 g/mol. The molecule has 0 radical (unpaired) electrons. The van der Waals surface area contributed by atoms with Crippen LogP contribution < -0.4 is 5.56 Å². The third-order valence-electron chi connectivity index (χ3n) is 5.44. The molecule has 1 aromatic heterocycles. The molecule has 7 nitrogen and oxygen atoms in total. The van der Waals surface area contributed by atoms with Crippen LogP contribution in [0.4, 0.5) is 0 Å². The van der Waals surface area contributed by atoms with Crippen LogP contribution in [0.5, 0.6) is 0 Å². The smallest absolute Gasteiger partial charge is 0.264 e. The largest absolute Gasteiger partial charge is 0.396 e. The van der Waals surface area contributed by atoms with E-state index in [1.807, 2.05) is 4.90 Å². The number of hydrogen-bond donors (Lipinski definition) is 2. The zero-order chi connectivity index (χ0) is 17.6. The van der Waals surface area contributed by atoms with Gasteiger partial charge < -0.3 is 14.9 Å². The normalized spacial score (nSPS) is 24.6. The van der Waals surface area contributed by atoms with Crippen LogP contribution >= 0.6 is 0 Å². The van der Waals surface area contributed by atoms with Gasteiger partial charge in [-0.15, -0.1) is 0 Å². The average Bonchev–Trinajstić information content (AvgIpc) is 3.05. The van der Waals surface area contributed by atoms with Crippen LogP contribution in [0.2, 0.25) is 0 Å². The highest BCUT2D eigenvalue weighted by Crippen LogP contribution is 2.26. The summed E-state index contributed by atoms with van der Waals surface area (Å²) >= 11 is 0. The SMILES string of the molecule is O=C(CCc1ccc(=O)[nH]n1)N1C[C@@H](CN2CCCCC2)[C@@H](CO)C1. The first kappa shape index (κ1) is 18.1. The Morgan fingerprint density at radius 2 is 1.96 bits per heavy atom. The summed E-state index contributed by atoms with van der Waals surface area (Å²) in [7, 11) is 0. The summed E-state index contributed by atoms with van der Waals surface area (Å²) in [6.45, 7) is 4.79. The number of aromatic amines is 1. The van der Waals surface area contributed by atoms with Gasteiger partial charge in [0.25, 0.3) is 5.56 Å². The molecule has 0 aliphatic carbocycles. The molecule has 0 spiro atoms. The summed E-state index contributed by atoms with van der Waals surface area (Å²) in [4.78, 5) is 27.9. The molecule has 3 rings (SSSR count). The summed E-state index contributed by atoms with van der Waals surface area (Å²) in [6.07, 6.45) is 4.73. The third kappa shape index (κ3) is 4.89. The number of carbonyl (C=O) groups excluding carboxylic acids is 1. The molecule has 1 aromatic rings. The van der Waals surface area contributed by atoms with Gasteiger partial charge in [-0.1, -0.05) is 6.42 Å². The molecule has 0 unspecified atom stereocenters. The molecule has 2 saturated heterocycles. The van der Waals surface area contributed by atoms with E-state index in [1.54, 1.807) is 6.07 Å². The molecule has 2 aliphatic rings. The number of aromatic nitrogens is 2. The van der Waals surface area contributed by atoms with Crippen molar-refractivity contribution in [2.75, 3.05) is 39.3 Å². The monoisotopic (exact) mass is 348 g/mol. The second-order valence-corrected chi connectivity index (χ2v) is 7.28. The first-order valence-corrected chi connectivity index (χ1v) is 9.31. The lowest BCUT2D eigenvalue weighted by molar-refractivity contribution is -0.130. The maximum absolute atomic E-state index is 12.5. The van der Waals surface area contributed by atoms with Crippen LogP contribution in [-0.2, 0) is 11.2 Å². The quantitative estimate of drug-likeness (QED) is 0.769. The van der Waals surface area contributed by atoms with E-state index in [9.17, 15) is 14.7 Å². The summed E-state index contributed by atoms with van der Waals surface area (Å²) in [6, 6.07) is 3.09. The van der Waals surface area contributed by atoms with Gasteiger partial charge >= 0.3 is 0 Å². The Hall–Kier alpha value is -1.73. The van der Waals surface area contributed by atoms with Gasteiger partial charge in [-0.3, -0.25) is 9.59 Å². The number of nitrogens with one attached hydrogen (secondary N) is 1. The lowest BCUT2D eigenvalue weighted by Crippen LogP contribution is -2.37. The van der Waals surface area contributed by atoms with Crippen molar-refractivity contribution in [3.05, 3.63) is 28.2 Å². The maximum Gasteiger partial charge on any atom is 0.264 e. The minimum absolute atomic E-state index is 0.104. The minimum atomic E-state index is -0.235. The maximum atomic E-state index is 12.5. The number of aryl methyl sites for hydroxylation is 1. The number of aliphatic hydroxyl groups is 1. The van der Waals surface area contributed by atoms with Crippen LogP contribution in [0.25, 0.3) is 0 Å². The van der Waals surface area contributed by atoms with Crippen molar-refractivity contribution in [3.63, 3.8) is 0 Å². The Bertz CT molecular complexity index is 606. The standard InChI is InChI=1S/C18H28N4O3/c23-13-15-12-22(11-14(15)10-21-8-2-1-3-9-21)18(25)7-5-16-4-6-17(24)20-19-16/h4,6,14-15,23H,1-3,5,7-13H2,(H,20,24)/t14-,15-/m1/s1. The first-order chi connectivity index (χ1) is 12.2. The zero-order valence-corrected chi connectivity index (χ0v) is 14.7. The summed E-state index contributed by atoms with van der Waals surface area (Å²) in [5, 5.41) is 16.0. The minimum Gasteiger partial charge on any atom is -0.396 e. The van der Waals surface area contributed by atoms with Crippen LogP contribution in [-0.4, -0.2) is 70.3 Å². The molecule has 2 fully saturated rings. The molecule has 7 heteroatoms. The Labute approximate surface area is 148 Å². The van der Waals surface area contributed by atoms with Gasteiger partial charge in [0, 0.05) is 51.1 Å². The number of carbonyl (C=O) groups is 1. The average molecular weight is 348 g/mol. The fourth-order valence-corrected chi connectivity index (χ4v) is 3.94. The van der Waals surface area contributed by atoms with Gasteiger partial charge in [-0.05, 0) is 37.9 Å². The Balaban J connectivity index is 1.50. The van der Waals surface area contributed by atoms with Crippen molar-refractivity contribution in [1.29, 1.82) is 0 Å². The molecule has 0 saturated carbocycles. The zero-order valence-electron chi connectivity index (χ0n) is 14.7. The number of rotatable bonds is 6. The lowest BCUT2D eigenvalue weighted by Gasteiger charge is -2.30. The van der Waals surface area contributed by atoms with Crippen LogP contribution in [0.1, 0.15) is 31.4 Å². The molecule has 25 heavy (non-hydrogen) atoms. The highest BCUT2D eigenvalue weighted by molar-refractivity contribution is 5.76. The van der Waals surface area contributed by atoms with Crippen LogP contribution in [0, 0.1) is 11.8 Å². The number of amides is 1. The van der Waals surface area contributed by atoms with Crippen molar-refractivity contribution < 1.29 is 9.90 Å². The Kier molecular flexibility index (Phi) is 6.20. The molecule has 2 aliphatic heterocycles. The molecule has 0 aromatic carbocycles. The highest BCUT2D eigenvalue weighted by Gasteiger charge is 2.35. The number of hydrogen-bond acceptors (Lipinski definition) is 5. The number of likely N-dealkylation sites (tertiary alicyclic amines) is 2. The van der Waals surface area contributed by atoms with E-state index in [2.05, 4.69) is 15.1 Å².